The molecule has 0 aliphatic heterocycles. The fourth-order valence-electron chi connectivity index (χ4n) is 1.87. The van der Waals surface area contributed by atoms with Crippen LogP contribution in [0.15, 0.2) is 46.9 Å². The molecule has 0 aliphatic carbocycles. The van der Waals surface area contributed by atoms with E-state index in [2.05, 4.69) is 21.2 Å². The Hall–Kier alpha value is -0.780. The molecule has 0 aliphatic rings. The lowest BCUT2D eigenvalue weighted by Gasteiger charge is -2.13. The summed E-state index contributed by atoms with van der Waals surface area (Å²) in [5.41, 5.74) is 2.11. The number of hydrogen-bond acceptors (Lipinski definition) is 3. The van der Waals surface area contributed by atoms with E-state index < -0.39 is 0 Å². The minimum absolute atomic E-state index is 0. The van der Waals surface area contributed by atoms with Gasteiger partial charge in [0, 0.05) is 28.1 Å². The molecule has 2 aromatic carbocycles. The third-order valence-corrected chi connectivity index (χ3v) is 3.68. The summed E-state index contributed by atoms with van der Waals surface area (Å²) in [6.07, 6.45) is 0. The van der Waals surface area contributed by atoms with Crippen molar-refractivity contribution in [2.24, 2.45) is 0 Å². The molecule has 0 heterocycles. The van der Waals surface area contributed by atoms with Gasteiger partial charge in [0.1, 0.15) is 12.4 Å². The minimum Gasteiger partial charge on any atom is -1.00 e. The summed E-state index contributed by atoms with van der Waals surface area (Å²) in [7, 11) is 0. The Morgan fingerprint density at radius 1 is 1.14 bits per heavy atom. The van der Waals surface area contributed by atoms with Gasteiger partial charge in [0.05, 0.1) is 6.61 Å². The first kappa shape index (κ1) is 19.3. The van der Waals surface area contributed by atoms with Crippen molar-refractivity contribution in [1.29, 1.82) is 0 Å². The van der Waals surface area contributed by atoms with Crippen LogP contribution < -0.4 is 22.5 Å². The van der Waals surface area contributed by atoms with Crippen LogP contribution in [-0.4, -0.2) is 18.3 Å². The third-order valence-electron chi connectivity index (χ3n) is 2.93. The van der Waals surface area contributed by atoms with Gasteiger partial charge < -0.3 is 27.6 Å². The van der Waals surface area contributed by atoms with Gasteiger partial charge in [0.15, 0.2) is 0 Å². The topological polar surface area (TPSA) is 41.5 Å². The predicted molar refractivity (Wildman–Crippen MR) is 88.7 cm³/mol. The highest BCUT2D eigenvalue weighted by atomic mass is 79.9. The van der Waals surface area contributed by atoms with Gasteiger partial charge in [-0.25, -0.2) is 0 Å². The van der Waals surface area contributed by atoms with Gasteiger partial charge in [-0.1, -0.05) is 39.7 Å². The van der Waals surface area contributed by atoms with E-state index in [4.69, 9.17) is 21.4 Å². The van der Waals surface area contributed by atoms with E-state index >= 15 is 0 Å². The Bertz CT molecular complexity index is 579. The molecule has 120 valence electrons. The van der Waals surface area contributed by atoms with Gasteiger partial charge in [-0.3, -0.25) is 0 Å². The molecule has 3 nitrogen and oxygen atoms in total. The van der Waals surface area contributed by atoms with E-state index in [1.165, 1.54) is 0 Å². The molecule has 0 saturated carbocycles. The molecular weight excluding hydrogens is 389 g/mol. The Balaban J connectivity index is 0.00000242. The van der Waals surface area contributed by atoms with E-state index in [1.807, 2.05) is 42.5 Å². The maximum absolute atomic E-state index is 8.83. The molecule has 6 heteroatoms. The molecule has 2 rings (SSSR count). The Morgan fingerprint density at radius 3 is 2.55 bits per heavy atom. The largest absolute Gasteiger partial charge is 1.00 e. The van der Waals surface area contributed by atoms with E-state index in [0.29, 0.717) is 19.7 Å². The van der Waals surface area contributed by atoms with Gasteiger partial charge in [0.2, 0.25) is 0 Å². The predicted octanol–water partition coefficient (Wildman–Crippen LogP) is 0.767. The molecule has 0 unspecified atom stereocenters. The number of rotatable bonds is 7. The summed E-state index contributed by atoms with van der Waals surface area (Å²) >= 11 is 9.33. The van der Waals surface area contributed by atoms with Crippen LogP contribution in [-0.2, 0) is 13.2 Å². The highest BCUT2D eigenvalue weighted by Crippen LogP contribution is 2.24. The number of ether oxygens (including phenoxy) is 1. The number of nitrogens with one attached hydrogen (secondary N) is 1. The first-order valence-electron chi connectivity index (χ1n) is 6.66. The second kappa shape index (κ2) is 10.1. The first-order chi connectivity index (χ1) is 10.2. The summed E-state index contributed by atoms with van der Waals surface area (Å²) in [6.45, 7) is 1.82. The number of hydrogen-bond donors (Lipinski definition) is 2. The lowest BCUT2D eigenvalue weighted by Crippen LogP contribution is -3.00. The maximum atomic E-state index is 8.83. The van der Waals surface area contributed by atoms with Crippen molar-refractivity contribution in [3.05, 3.63) is 63.1 Å². The highest BCUT2D eigenvalue weighted by Gasteiger charge is 2.05. The number of aliphatic hydroxyl groups excluding tert-OH is 1. The van der Waals surface area contributed by atoms with Gasteiger partial charge >= 0.3 is 0 Å². The Kier molecular flexibility index (Phi) is 8.83. The monoisotopic (exact) mass is 404 g/mol. The van der Waals surface area contributed by atoms with Crippen LogP contribution >= 0.6 is 27.5 Å². The van der Waals surface area contributed by atoms with E-state index in [0.717, 1.165) is 26.4 Å². The van der Waals surface area contributed by atoms with E-state index in [9.17, 15) is 0 Å². The molecule has 0 saturated heterocycles. The Labute approximate surface area is 150 Å². The zero-order valence-electron chi connectivity index (χ0n) is 11.9. The fraction of sp³-hybridized carbons (Fsp3) is 0.250. The van der Waals surface area contributed by atoms with Crippen molar-refractivity contribution in [3.63, 3.8) is 0 Å². The van der Waals surface area contributed by atoms with Crippen LogP contribution in [0.5, 0.6) is 5.75 Å². The average Bonchev–Trinajstić information content (AvgIpc) is 2.48. The summed E-state index contributed by atoms with van der Waals surface area (Å²) in [6, 6.07) is 13.5. The molecule has 2 aromatic rings. The van der Waals surface area contributed by atoms with Crippen LogP contribution in [0.4, 0.5) is 0 Å². The van der Waals surface area contributed by atoms with Crippen molar-refractivity contribution >= 4 is 27.5 Å². The minimum atomic E-state index is 0. The second-order valence-corrected chi connectivity index (χ2v) is 5.92. The molecule has 2 N–H and O–H groups in total. The Morgan fingerprint density at radius 2 is 1.86 bits per heavy atom. The number of aliphatic hydroxyl groups is 1. The van der Waals surface area contributed by atoms with Crippen molar-refractivity contribution in [3.8, 4) is 5.75 Å². The van der Waals surface area contributed by atoms with Crippen molar-refractivity contribution < 1.29 is 22.3 Å². The average molecular weight is 406 g/mol. The van der Waals surface area contributed by atoms with Crippen molar-refractivity contribution in [2.45, 2.75) is 13.2 Å². The highest BCUT2D eigenvalue weighted by molar-refractivity contribution is 9.10. The fourth-order valence-corrected chi connectivity index (χ4v) is 2.41. The summed E-state index contributed by atoms with van der Waals surface area (Å²) in [5, 5.41) is 12.7. The van der Waals surface area contributed by atoms with E-state index in [-0.39, 0.29) is 19.0 Å². The standard InChI is InChI=1S/C16H17BrClNO2.ClH/c17-14-3-6-16(13(9-14)10-19-7-8-20)21-11-12-1-4-15(18)5-2-12;/h1-6,9,19-20H,7-8,10-11H2;1H/p-1. The normalized spacial score (nSPS) is 10.1. The van der Waals surface area contributed by atoms with Gasteiger partial charge in [-0.05, 0) is 35.9 Å². The van der Waals surface area contributed by atoms with E-state index in [1.54, 1.807) is 0 Å². The maximum Gasteiger partial charge on any atom is 0.124 e. The second-order valence-electron chi connectivity index (χ2n) is 4.57. The number of benzene rings is 2. The van der Waals surface area contributed by atoms with Crippen LogP contribution in [0.25, 0.3) is 0 Å². The molecule has 0 aromatic heterocycles. The van der Waals surface area contributed by atoms with Crippen molar-refractivity contribution in [1.82, 2.24) is 5.32 Å². The van der Waals surface area contributed by atoms with Crippen LogP contribution in [0.1, 0.15) is 11.1 Å². The van der Waals surface area contributed by atoms with Crippen LogP contribution in [0.3, 0.4) is 0 Å². The molecule has 0 spiro atoms. The molecule has 22 heavy (non-hydrogen) atoms. The molecule has 0 fully saturated rings. The molecular formula is C16H17BrCl2NO2-. The third kappa shape index (κ3) is 6.15. The zero-order chi connectivity index (χ0) is 15.1. The van der Waals surface area contributed by atoms with Gasteiger partial charge in [-0.2, -0.15) is 0 Å². The smallest absolute Gasteiger partial charge is 0.124 e. The molecule has 0 bridgehead atoms. The summed E-state index contributed by atoms with van der Waals surface area (Å²) in [4.78, 5) is 0. The van der Waals surface area contributed by atoms with Crippen LogP contribution in [0.2, 0.25) is 5.02 Å². The van der Waals surface area contributed by atoms with Gasteiger partial charge in [0.25, 0.3) is 0 Å². The zero-order valence-corrected chi connectivity index (χ0v) is 15.0. The SMILES string of the molecule is OCCNCc1cc(Br)ccc1OCc1ccc(Cl)cc1.[Cl-]. The quantitative estimate of drug-likeness (QED) is 0.668. The first-order valence-corrected chi connectivity index (χ1v) is 7.83. The molecule has 0 atom stereocenters. The molecule has 0 radical (unpaired) electrons. The summed E-state index contributed by atoms with van der Waals surface area (Å²) < 4.78 is 6.88. The lowest BCUT2D eigenvalue weighted by atomic mass is 10.2. The molecule has 0 amide bonds. The van der Waals surface area contributed by atoms with Crippen molar-refractivity contribution in [2.75, 3.05) is 13.2 Å². The lowest BCUT2D eigenvalue weighted by molar-refractivity contribution is -0.00000544. The van der Waals surface area contributed by atoms with Crippen LogP contribution in [0, 0.1) is 0 Å². The number of halogens is 3. The summed E-state index contributed by atoms with van der Waals surface area (Å²) in [5.74, 6) is 0.832. The van der Waals surface area contributed by atoms with Gasteiger partial charge in [-0.15, -0.1) is 0 Å².